The van der Waals surface area contributed by atoms with Crippen LogP contribution in [0.25, 0.3) is 0 Å². The highest BCUT2D eigenvalue weighted by molar-refractivity contribution is 6.05. The summed E-state index contributed by atoms with van der Waals surface area (Å²) in [5.74, 6) is 0.199. The molecule has 0 radical (unpaired) electrons. The first-order valence-corrected chi connectivity index (χ1v) is 6.70. The van der Waals surface area contributed by atoms with Crippen molar-refractivity contribution in [3.05, 3.63) is 0 Å². The van der Waals surface area contributed by atoms with Crippen LogP contribution >= 0.6 is 0 Å². The Labute approximate surface area is 103 Å². The van der Waals surface area contributed by atoms with Gasteiger partial charge in [0, 0.05) is 12.6 Å². The van der Waals surface area contributed by atoms with Gasteiger partial charge >= 0.3 is 0 Å². The zero-order valence-electron chi connectivity index (χ0n) is 10.7. The van der Waals surface area contributed by atoms with Crippen LogP contribution in [-0.4, -0.2) is 35.8 Å². The molecule has 0 bridgehead atoms. The lowest BCUT2D eigenvalue weighted by molar-refractivity contribution is -0.140. The van der Waals surface area contributed by atoms with Crippen LogP contribution in [0.3, 0.4) is 0 Å². The maximum absolute atomic E-state index is 12.0. The van der Waals surface area contributed by atoms with Crippen molar-refractivity contribution in [2.24, 2.45) is 11.8 Å². The number of imide groups is 1. The third kappa shape index (κ3) is 2.51. The number of fused-ring (bicyclic) bond motifs is 1. The van der Waals surface area contributed by atoms with Crippen molar-refractivity contribution in [3.8, 4) is 0 Å². The number of carbonyl (C=O) groups is 2. The van der Waals surface area contributed by atoms with Gasteiger partial charge in [0.05, 0.1) is 11.8 Å². The van der Waals surface area contributed by atoms with E-state index in [2.05, 4.69) is 19.2 Å². The van der Waals surface area contributed by atoms with Gasteiger partial charge in [-0.1, -0.05) is 20.3 Å². The molecule has 1 aliphatic heterocycles. The van der Waals surface area contributed by atoms with E-state index in [9.17, 15) is 9.59 Å². The summed E-state index contributed by atoms with van der Waals surface area (Å²) in [5.41, 5.74) is 0. The van der Waals surface area contributed by atoms with E-state index < -0.39 is 0 Å². The monoisotopic (exact) mass is 238 g/mol. The Morgan fingerprint density at radius 3 is 2.35 bits per heavy atom. The topological polar surface area (TPSA) is 49.4 Å². The Hall–Kier alpha value is -0.900. The Morgan fingerprint density at radius 1 is 1.24 bits per heavy atom. The molecule has 1 aliphatic carbocycles. The van der Waals surface area contributed by atoms with Gasteiger partial charge in [0.1, 0.15) is 0 Å². The highest BCUT2D eigenvalue weighted by Gasteiger charge is 2.49. The standard InChI is InChI=1S/C13H22N2O2/c1-9(2)14-7-4-8-15-12(16)10-5-3-6-11(10)13(15)17/h9-11,14H,3-8H2,1-2H3. The summed E-state index contributed by atoms with van der Waals surface area (Å²) >= 11 is 0. The average Bonchev–Trinajstić information content (AvgIpc) is 2.82. The lowest BCUT2D eigenvalue weighted by Crippen LogP contribution is -2.35. The van der Waals surface area contributed by atoms with Gasteiger partial charge in [-0.15, -0.1) is 0 Å². The smallest absolute Gasteiger partial charge is 0.233 e. The van der Waals surface area contributed by atoms with Gasteiger partial charge in [0.2, 0.25) is 11.8 Å². The molecule has 96 valence electrons. The van der Waals surface area contributed by atoms with Gasteiger partial charge < -0.3 is 5.32 Å². The minimum atomic E-state index is 0.0144. The number of hydrogen-bond donors (Lipinski definition) is 1. The summed E-state index contributed by atoms with van der Waals surface area (Å²) < 4.78 is 0. The first-order chi connectivity index (χ1) is 8.11. The Morgan fingerprint density at radius 2 is 1.82 bits per heavy atom. The Balaban J connectivity index is 1.81. The highest BCUT2D eigenvalue weighted by Crippen LogP contribution is 2.39. The summed E-state index contributed by atoms with van der Waals surface area (Å²) in [4.78, 5) is 25.5. The molecule has 2 rings (SSSR count). The van der Waals surface area contributed by atoms with E-state index in [1.807, 2.05) is 0 Å². The molecule has 1 saturated heterocycles. The zero-order chi connectivity index (χ0) is 12.4. The SMILES string of the molecule is CC(C)NCCCN1C(=O)C2CCCC2C1=O. The molecular formula is C13H22N2O2. The largest absolute Gasteiger partial charge is 0.314 e. The molecule has 4 heteroatoms. The fourth-order valence-electron chi connectivity index (χ4n) is 2.91. The quantitative estimate of drug-likeness (QED) is 0.577. The van der Waals surface area contributed by atoms with Crippen LogP contribution in [0.2, 0.25) is 0 Å². The van der Waals surface area contributed by atoms with E-state index in [0.717, 1.165) is 32.2 Å². The number of amides is 2. The molecule has 17 heavy (non-hydrogen) atoms. The van der Waals surface area contributed by atoms with Crippen molar-refractivity contribution in [2.75, 3.05) is 13.1 Å². The third-order valence-corrected chi connectivity index (χ3v) is 3.79. The molecule has 1 saturated carbocycles. The van der Waals surface area contributed by atoms with Gasteiger partial charge in [-0.05, 0) is 25.8 Å². The van der Waals surface area contributed by atoms with E-state index in [4.69, 9.17) is 0 Å². The fraction of sp³-hybridized carbons (Fsp3) is 0.846. The predicted molar refractivity (Wildman–Crippen MR) is 65.3 cm³/mol. The maximum Gasteiger partial charge on any atom is 0.233 e. The van der Waals surface area contributed by atoms with E-state index in [1.165, 1.54) is 4.90 Å². The van der Waals surface area contributed by atoms with E-state index in [1.54, 1.807) is 0 Å². The van der Waals surface area contributed by atoms with Crippen LogP contribution in [0.4, 0.5) is 0 Å². The number of nitrogens with zero attached hydrogens (tertiary/aromatic N) is 1. The lowest BCUT2D eigenvalue weighted by Gasteiger charge is -2.16. The molecule has 1 N–H and O–H groups in total. The minimum absolute atomic E-state index is 0.0144. The molecule has 1 heterocycles. The molecule has 2 atom stereocenters. The van der Waals surface area contributed by atoms with Crippen LogP contribution in [0.1, 0.15) is 39.5 Å². The first kappa shape index (κ1) is 12.6. The summed E-state index contributed by atoms with van der Waals surface area (Å²) in [5, 5.41) is 3.30. The molecule has 4 nitrogen and oxygen atoms in total. The van der Waals surface area contributed by atoms with Gasteiger partial charge in [-0.25, -0.2) is 0 Å². The van der Waals surface area contributed by atoms with Gasteiger partial charge in [0.25, 0.3) is 0 Å². The summed E-state index contributed by atoms with van der Waals surface area (Å²) in [6.45, 7) is 5.64. The molecule has 0 aromatic rings. The van der Waals surface area contributed by atoms with E-state index in [-0.39, 0.29) is 23.7 Å². The third-order valence-electron chi connectivity index (χ3n) is 3.79. The second-order valence-electron chi connectivity index (χ2n) is 5.43. The van der Waals surface area contributed by atoms with Crippen LogP contribution in [-0.2, 0) is 9.59 Å². The molecule has 2 aliphatic rings. The zero-order valence-corrected chi connectivity index (χ0v) is 10.7. The molecule has 0 aromatic heterocycles. The average molecular weight is 238 g/mol. The van der Waals surface area contributed by atoms with Crippen LogP contribution in [0.5, 0.6) is 0 Å². The van der Waals surface area contributed by atoms with Crippen molar-refractivity contribution >= 4 is 11.8 Å². The molecule has 0 spiro atoms. The van der Waals surface area contributed by atoms with Crippen LogP contribution in [0, 0.1) is 11.8 Å². The molecule has 0 aromatic carbocycles. The number of nitrogens with one attached hydrogen (secondary N) is 1. The molecule has 2 amide bonds. The lowest BCUT2D eigenvalue weighted by atomic mass is 10.00. The predicted octanol–water partition coefficient (Wildman–Crippen LogP) is 1.16. The molecule has 2 unspecified atom stereocenters. The van der Waals surface area contributed by atoms with Crippen LogP contribution in [0.15, 0.2) is 0 Å². The van der Waals surface area contributed by atoms with Crippen molar-refractivity contribution in [3.63, 3.8) is 0 Å². The van der Waals surface area contributed by atoms with Gasteiger partial charge in [-0.3, -0.25) is 14.5 Å². The number of likely N-dealkylation sites (tertiary alicyclic amines) is 1. The fourth-order valence-corrected chi connectivity index (χ4v) is 2.91. The van der Waals surface area contributed by atoms with E-state index in [0.29, 0.717) is 12.6 Å². The summed E-state index contributed by atoms with van der Waals surface area (Å²) in [7, 11) is 0. The normalized spacial score (nSPS) is 28.3. The van der Waals surface area contributed by atoms with Crippen molar-refractivity contribution in [2.45, 2.75) is 45.6 Å². The Bertz CT molecular complexity index is 293. The number of hydrogen-bond acceptors (Lipinski definition) is 3. The van der Waals surface area contributed by atoms with Crippen LogP contribution < -0.4 is 5.32 Å². The summed E-state index contributed by atoms with van der Waals surface area (Å²) in [6.07, 6.45) is 3.72. The maximum atomic E-state index is 12.0. The second kappa shape index (κ2) is 5.17. The summed E-state index contributed by atoms with van der Waals surface area (Å²) in [6, 6.07) is 0.458. The Kier molecular flexibility index (Phi) is 3.82. The van der Waals surface area contributed by atoms with E-state index >= 15 is 0 Å². The molecular weight excluding hydrogens is 216 g/mol. The highest BCUT2D eigenvalue weighted by atomic mass is 16.2. The van der Waals surface area contributed by atoms with Gasteiger partial charge in [0.15, 0.2) is 0 Å². The minimum Gasteiger partial charge on any atom is -0.314 e. The second-order valence-corrected chi connectivity index (χ2v) is 5.43. The number of carbonyl (C=O) groups excluding carboxylic acids is 2. The number of rotatable bonds is 5. The molecule has 2 fully saturated rings. The van der Waals surface area contributed by atoms with Crippen molar-refractivity contribution in [1.82, 2.24) is 10.2 Å². The first-order valence-electron chi connectivity index (χ1n) is 6.70. The van der Waals surface area contributed by atoms with Crippen molar-refractivity contribution < 1.29 is 9.59 Å². The van der Waals surface area contributed by atoms with Crippen molar-refractivity contribution in [1.29, 1.82) is 0 Å². The van der Waals surface area contributed by atoms with Gasteiger partial charge in [-0.2, -0.15) is 0 Å².